The maximum Gasteiger partial charge on any atom is 0.264 e. The molecule has 0 atom stereocenters. The zero-order valence-corrected chi connectivity index (χ0v) is 19.5. The first kappa shape index (κ1) is 22.8. The van der Waals surface area contributed by atoms with Crippen LogP contribution in [0.25, 0.3) is 0 Å². The summed E-state index contributed by atoms with van der Waals surface area (Å²) in [4.78, 5) is 12.7. The second-order valence-electron chi connectivity index (χ2n) is 6.55. The standard InChI is InChI=1S/C22H20IN3O4S/c1-16(20-9-5-6-10-21(20)27)24-25-22(28)15-26(18-13-11-17(23)12-14-18)31(29,30)19-7-3-2-4-8-19/h2-14,27H,15H2,1H3,(H,25,28)/b24-16-. The summed E-state index contributed by atoms with van der Waals surface area (Å²) in [5, 5.41) is 13.9. The third-order valence-corrected chi connectivity index (χ3v) is 6.88. The van der Waals surface area contributed by atoms with E-state index in [0.29, 0.717) is 17.0 Å². The van der Waals surface area contributed by atoms with Crippen LogP contribution in [0.3, 0.4) is 0 Å². The average molecular weight is 549 g/mol. The van der Waals surface area contributed by atoms with Crippen LogP contribution in [0, 0.1) is 3.57 Å². The lowest BCUT2D eigenvalue weighted by Gasteiger charge is -2.23. The average Bonchev–Trinajstić information content (AvgIpc) is 2.77. The van der Waals surface area contributed by atoms with Gasteiger partial charge in [-0.25, -0.2) is 13.8 Å². The lowest BCUT2D eigenvalue weighted by atomic mass is 10.1. The fraction of sp³-hybridized carbons (Fsp3) is 0.0909. The highest BCUT2D eigenvalue weighted by Gasteiger charge is 2.27. The van der Waals surface area contributed by atoms with Crippen LogP contribution in [-0.4, -0.2) is 31.7 Å². The molecule has 9 heteroatoms. The molecular weight excluding hydrogens is 529 g/mol. The Morgan fingerprint density at radius 3 is 2.26 bits per heavy atom. The van der Waals surface area contributed by atoms with E-state index < -0.39 is 22.5 Å². The highest BCUT2D eigenvalue weighted by molar-refractivity contribution is 14.1. The molecular formula is C22H20IN3O4S. The van der Waals surface area contributed by atoms with E-state index >= 15 is 0 Å². The predicted molar refractivity (Wildman–Crippen MR) is 129 cm³/mol. The third kappa shape index (κ3) is 5.61. The van der Waals surface area contributed by atoms with Crippen molar-refractivity contribution in [2.24, 2.45) is 5.10 Å². The number of carbonyl (C=O) groups excluding carboxylic acids is 1. The molecule has 1 amide bonds. The first-order valence-electron chi connectivity index (χ1n) is 9.24. The van der Waals surface area contributed by atoms with Gasteiger partial charge in [-0.1, -0.05) is 30.3 Å². The number of hydrogen-bond acceptors (Lipinski definition) is 5. The molecule has 3 aromatic carbocycles. The highest BCUT2D eigenvalue weighted by Crippen LogP contribution is 2.24. The maximum atomic E-state index is 13.2. The number of anilines is 1. The van der Waals surface area contributed by atoms with Gasteiger partial charge in [0.25, 0.3) is 15.9 Å². The van der Waals surface area contributed by atoms with Crippen molar-refractivity contribution in [1.29, 1.82) is 0 Å². The lowest BCUT2D eigenvalue weighted by Crippen LogP contribution is -2.39. The van der Waals surface area contributed by atoms with E-state index in [1.165, 1.54) is 18.2 Å². The summed E-state index contributed by atoms with van der Waals surface area (Å²) in [6.45, 7) is 1.17. The van der Waals surface area contributed by atoms with Crippen molar-refractivity contribution < 1.29 is 18.3 Å². The summed E-state index contributed by atoms with van der Waals surface area (Å²) >= 11 is 2.12. The van der Waals surface area contributed by atoms with Gasteiger partial charge in [0.15, 0.2) is 0 Å². The van der Waals surface area contributed by atoms with Gasteiger partial charge in [-0.2, -0.15) is 5.10 Å². The van der Waals surface area contributed by atoms with Crippen molar-refractivity contribution in [2.45, 2.75) is 11.8 Å². The van der Waals surface area contributed by atoms with E-state index in [9.17, 15) is 18.3 Å². The van der Waals surface area contributed by atoms with Gasteiger partial charge in [-0.15, -0.1) is 0 Å². The van der Waals surface area contributed by atoms with Gasteiger partial charge >= 0.3 is 0 Å². The van der Waals surface area contributed by atoms with Crippen molar-refractivity contribution in [1.82, 2.24) is 5.43 Å². The normalized spacial score (nSPS) is 11.7. The minimum absolute atomic E-state index is 0.0326. The summed E-state index contributed by atoms with van der Waals surface area (Å²) < 4.78 is 28.4. The Kier molecular flexibility index (Phi) is 7.29. The molecule has 0 radical (unpaired) electrons. The van der Waals surface area contributed by atoms with Gasteiger partial charge in [0.2, 0.25) is 0 Å². The molecule has 2 N–H and O–H groups in total. The molecule has 160 valence electrons. The van der Waals surface area contributed by atoms with E-state index in [1.54, 1.807) is 67.6 Å². The minimum atomic E-state index is -3.98. The molecule has 0 aromatic heterocycles. The smallest absolute Gasteiger partial charge is 0.264 e. The molecule has 7 nitrogen and oxygen atoms in total. The number of nitrogens with one attached hydrogen (secondary N) is 1. The number of para-hydroxylation sites is 1. The maximum absolute atomic E-state index is 13.2. The lowest BCUT2D eigenvalue weighted by molar-refractivity contribution is -0.119. The number of halogens is 1. The molecule has 0 aliphatic heterocycles. The number of hydrogen-bond donors (Lipinski definition) is 2. The number of phenols is 1. The van der Waals surface area contributed by atoms with Crippen LogP contribution in [-0.2, 0) is 14.8 Å². The molecule has 0 aliphatic rings. The predicted octanol–water partition coefficient (Wildman–Crippen LogP) is 3.73. The van der Waals surface area contributed by atoms with Crippen molar-refractivity contribution in [3.8, 4) is 5.75 Å². The highest BCUT2D eigenvalue weighted by atomic mass is 127. The van der Waals surface area contributed by atoms with Crippen LogP contribution in [0.1, 0.15) is 12.5 Å². The Bertz CT molecular complexity index is 1200. The van der Waals surface area contributed by atoms with Crippen LogP contribution < -0.4 is 9.73 Å². The largest absolute Gasteiger partial charge is 0.507 e. The molecule has 0 saturated heterocycles. The van der Waals surface area contributed by atoms with Crippen LogP contribution in [0.4, 0.5) is 5.69 Å². The first-order valence-corrected chi connectivity index (χ1v) is 11.8. The minimum Gasteiger partial charge on any atom is -0.507 e. The van der Waals surface area contributed by atoms with Crippen molar-refractivity contribution in [3.05, 3.63) is 88.0 Å². The van der Waals surface area contributed by atoms with Gasteiger partial charge < -0.3 is 5.11 Å². The quantitative estimate of drug-likeness (QED) is 0.267. The fourth-order valence-electron chi connectivity index (χ4n) is 2.79. The van der Waals surface area contributed by atoms with Crippen LogP contribution in [0.2, 0.25) is 0 Å². The zero-order chi connectivity index (χ0) is 22.4. The fourth-order valence-corrected chi connectivity index (χ4v) is 4.60. The number of nitrogens with zero attached hydrogens (tertiary/aromatic N) is 2. The zero-order valence-electron chi connectivity index (χ0n) is 16.6. The number of amides is 1. The molecule has 0 unspecified atom stereocenters. The number of sulfonamides is 1. The van der Waals surface area contributed by atoms with Gasteiger partial charge in [0.1, 0.15) is 12.3 Å². The monoisotopic (exact) mass is 549 g/mol. The molecule has 0 fully saturated rings. The number of carbonyl (C=O) groups is 1. The Hall–Kier alpha value is -2.92. The molecule has 3 aromatic rings. The molecule has 31 heavy (non-hydrogen) atoms. The Morgan fingerprint density at radius 2 is 1.61 bits per heavy atom. The Morgan fingerprint density at radius 1 is 1.00 bits per heavy atom. The third-order valence-electron chi connectivity index (χ3n) is 4.38. The first-order chi connectivity index (χ1) is 14.8. The van der Waals surface area contributed by atoms with E-state index in [4.69, 9.17) is 0 Å². The molecule has 0 spiro atoms. The number of benzene rings is 3. The molecule has 0 aliphatic carbocycles. The number of hydrazone groups is 1. The van der Waals surface area contributed by atoms with Gasteiger partial charge in [0.05, 0.1) is 16.3 Å². The van der Waals surface area contributed by atoms with Crippen molar-refractivity contribution >= 4 is 49.9 Å². The summed E-state index contributed by atoms with van der Waals surface area (Å²) in [5.74, 6) is -0.585. The molecule has 0 saturated carbocycles. The summed E-state index contributed by atoms with van der Waals surface area (Å²) in [7, 11) is -3.98. The second-order valence-corrected chi connectivity index (χ2v) is 9.66. The SMILES string of the molecule is C/C(=N/NC(=O)CN(c1ccc(I)cc1)S(=O)(=O)c1ccccc1)c1ccccc1O. The van der Waals surface area contributed by atoms with E-state index in [0.717, 1.165) is 7.88 Å². The number of aromatic hydroxyl groups is 1. The Labute approximate surface area is 194 Å². The van der Waals surface area contributed by atoms with E-state index in [1.807, 2.05) is 0 Å². The van der Waals surface area contributed by atoms with Crippen molar-refractivity contribution in [2.75, 3.05) is 10.8 Å². The summed E-state index contributed by atoms with van der Waals surface area (Å²) in [5.41, 5.74) is 3.59. The summed E-state index contributed by atoms with van der Waals surface area (Å²) in [6, 6.07) is 21.3. The molecule has 0 bridgehead atoms. The van der Waals surface area contributed by atoms with Gasteiger partial charge in [-0.05, 0) is 78.0 Å². The van der Waals surface area contributed by atoms with Crippen molar-refractivity contribution in [3.63, 3.8) is 0 Å². The van der Waals surface area contributed by atoms with Crippen LogP contribution in [0.5, 0.6) is 5.75 Å². The van der Waals surface area contributed by atoms with E-state index in [2.05, 4.69) is 33.1 Å². The topological polar surface area (TPSA) is 99.1 Å². The van der Waals surface area contributed by atoms with Crippen LogP contribution in [0.15, 0.2) is 88.9 Å². The Balaban J connectivity index is 1.87. The summed E-state index contributed by atoms with van der Waals surface area (Å²) in [6.07, 6.45) is 0. The second kappa shape index (κ2) is 9.92. The number of rotatable bonds is 7. The van der Waals surface area contributed by atoms with Crippen LogP contribution >= 0.6 is 22.6 Å². The van der Waals surface area contributed by atoms with Gasteiger partial charge in [0, 0.05) is 9.13 Å². The van der Waals surface area contributed by atoms with E-state index in [-0.39, 0.29) is 10.6 Å². The molecule has 0 heterocycles. The molecule has 3 rings (SSSR count). The number of phenolic OH excluding ortho intramolecular Hbond substituents is 1. The van der Waals surface area contributed by atoms with Gasteiger partial charge in [-0.3, -0.25) is 9.10 Å².